The standard InChI is InChI=1S/C15H26N2O3/c1-14(2,3)20-13(19)17-10-7-15(8-11-17)6-4-5-9-16-12(15)18/h4-11H2,1-3H3,(H,16,18). The summed E-state index contributed by atoms with van der Waals surface area (Å²) in [6.45, 7) is 7.63. The van der Waals surface area contributed by atoms with Crippen molar-refractivity contribution >= 4 is 12.0 Å². The summed E-state index contributed by atoms with van der Waals surface area (Å²) in [7, 11) is 0. The van der Waals surface area contributed by atoms with E-state index in [2.05, 4.69) is 5.32 Å². The molecule has 0 saturated carbocycles. The van der Waals surface area contributed by atoms with Crippen molar-refractivity contribution in [3.8, 4) is 0 Å². The fraction of sp³-hybridized carbons (Fsp3) is 0.867. The minimum atomic E-state index is -0.466. The molecule has 0 aromatic heterocycles. The summed E-state index contributed by atoms with van der Waals surface area (Å²) in [5.41, 5.74) is -0.721. The largest absolute Gasteiger partial charge is 0.444 e. The number of hydrogen-bond acceptors (Lipinski definition) is 3. The molecule has 2 fully saturated rings. The molecule has 2 aliphatic rings. The van der Waals surface area contributed by atoms with Crippen molar-refractivity contribution in [2.24, 2.45) is 5.41 Å². The summed E-state index contributed by atoms with van der Waals surface area (Å²) >= 11 is 0. The van der Waals surface area contributed by atoms with Gasteiger partial charge in [0.1, 0.15) is 5.60 Å². The molecule has 5 heteroatoms. The molecule has 2 aliphatic heterocycles. The molecule has 0 unspecified atom stereocenters. The summed E-state index contributed by atoms with van der Waals surface area (Å²) in [5, 5.41) is 3.01. The van der Waals surface area contributed by atoms with Gasteiger partial charge in [-0.2, -0.15) is 0 Å². The molecule has 2 saturated heterocycles. The first-order valence-electron chi connectivity index (χ1n) is 7.59. The van der Waals surface area contributed by atoms with Gasteiger partial charge in [-0.05, 0) is 46.5 Å². The van der Waals surface area contributed by atoms with E-state index >= 15 is 0 Å². The molecule has 0 aromatic carbocycles. The first-order valence-corrected chi connectivity index (χ1v) is 7.59. The van der Waals surface area contributed by atoms with Crippen molar-refractivity contribution < 1.29 is 14.3 Å². The summed E-state index contributed by atoms with van der Waals surface area (Å²) in [6.07, 6.45) is 4.33. The zero-order chi connectivity index (χ0) is 14.8. The maximum Gasteiger partial charge on any atom is 0.410 e. The van der Waals surface area contributed by atoms with Crippen molar-refractivity contribution in [1.29, 1.82) is 0 Å². The Hall–Kier alpha value is -1.26. The Bertz CT molecular complexity index is 379. The first kappa shape index (κ1) is 15.1. The maximum atomic E-state index is 12.3. The van der Waals surface area contributed by atoms with Crippen LogP contribution in [0.15, 0.2) is 0 Å². The third kappa shape index (κ3) is 3.44. The number of piperidine rings is 1. The van der Waals surface area contributed by atoms with Gasteiger partial charge in [-0.1, -0.05) is 6.42 Å². The smallest absolute Gasteiger partial charge is 0.410 e. The van der Waals surface area contributed by atoms with Gasteiger partial charge in [-0.15, -0.1) is 0 Å². The Balaban J connectivity index is 1.94. The lowest BCUT2D eigenvalue weighted by atomic mass is 9.74. The van der Waals surface area contributed by atoms with Gasteiger partial charge in [0.05, 0.1) is 5.41 Å². The van der Waals surface area contributed by atoms with Gasteiger partial charge in [0.2, 0.25) is 5.91 Å². The van der Waals surface area contributed by atoms with E-state index in [0.29, 0.717) is 13.1 Å². The van der Waals surface area contributed by atoms with Crippen LogP contribution in [-0.4, -0.2) is 42.1 Å². The molecule has 0 radical (unpaired) electrons. The van der Waals surface area contributed by atoms with Crippen LogP contribution in [0.3, 0.4) is 0 Å². The molecule has 0 aromatic rings. The van der Waals surface area contributed by atoms with Gasteiger partial charge in [0, 0.05) is 19.6 Å². The number of nitrogens with one attached hydrogen (secondary N) is 1. The summed E-state index contributed by atoms with van der Waals surface area (Å²) in [5.74, 6) is 0.179. The van der Waals surface area contributed by atoms with Crippen LogP contribution in [0, 0.1) is 5.41 Å². The van der Waals surface area contributed by atoms with Crippen molar-refractivity contribution in [2.75, 3.05) is 19.6 Å². The number of amides is 2. The third-order valence-electron chi connectivity index (χ3n) is 4.22. The van der Waals surface area contributed by atoms with E-state index in [0.717, 1.165) is 38.6 Å². The normalized spacial score (nSPS) is 23.1. The fourth-order valence-electron chi connectivity index (χ4n) is 3.01. The fourth-order valence-corrected chi connectivity index (χ4v) is 3.01. The van der Waals surface area contributed by atoms with Gasteiger partial charge in [-0.3, -0.25) is 4.79 Å². The molecular formula is C15H26N2O3. The molecule has 1 N–H and O–H groups in total. The molecule has 2 amide bonds. The molecule has 2 heterocycles. The van der Waals surface area contributed by atoms with Gasteiger partial charge < -0.3 is 15.0 Å². The average Bonchev–Trinajstić information content (AvgIpc) is 2.52. The Morgan fingerprint density at radius 2 is 1.85 bits per heavy atom. The van der Waals surface area contributed by atoms with Crippen LogP contribution in [0.2, 0.25) is 0 Å². The quantitative estimate of drug-likeness (QED) is 0.741. The van der Waals surface area contributed by atoms with Crippen LogP contribution in [0.1, 0.15) is 52.9 Å². The second-order valence-electron chi connectivity index (χ2n) is 6.96. The van der Waals surface area contributed by atoms with Crippen molar-refractivity contribution in [3.63, 3.8) is 0 Å². The molecule has 1 spiro atoms. The lowest BCUT2D eigenvalue weighted by molar-refractivity contribution is -0.133. The second kappa shape index (κ2) is 5.62. The lowest BCUT2D eigenvalue weighted by Crippen LogP contribution is -2.50. The molecule has 0 aliphatic carbocycles. The van der Waals surface area contributed by atoms with Gasteiger partial charge in [0.25, 0.3) is 0 Å². The van der Waals surface area contributed by atoms with Crippen molar-refractivity contribution in [3.05, 3.63) is 0 Å². The summed E-state index contributed by atoms with van der Waals surface area (Å²) in [4.78, 5) is 26.0. The zero-order valence-electron chi connectivity index (χ0n) is 12.8. The monoisotopic (exact) mass is 282 g/mol. The molecule has 0 bridgehead atoms. The number of likely N-dealkylation sites (tertiary alicyclic amines) is 1. The Kier molecular flexibility index (Phi) is 4.25. The number of hydrogen-bond donors (Lipinski definition) is 1. The number of rotatable bonds is 0. The van der Waals surface area contributed by atoms with E-state index in [-0.39, 0.29) is 17.4 Å². The van der Waals surface area contributed by atoms with Crippen molar-refractivity contribution in [2.45, 2.75) is 58.5 Å². The number of carbonyl (C=O) groups excluding carboxylic acids is 2. The molecular weight excluding hydrogens is 256 g/mol. The van der Waals surface area contributed by atoms with Crippen molar-refractivity contribution in [1.82, 2.24) is 10.2 Å². The molecule has 2 rings (SSSR count). The molecule has 5 nitrogen and oxygen atoms in total. The first-order chi connectivity index (χ1) is 9.32. The van der Waals surface area contributed by atoms with E-state index in [1.54, 1.807) is 4.90 Å². The highest BCUT2D eigenvalue weighted by Gasteiger charge is 2.43. The van der Waals surface area contributed by atoms with Crippen LogP contribution in [0.25, 0.3) is 0 Å². The van der Waals surface area contributed by atoms with E-state index in [1.165, 1.54) is 0 Å². The topological polar surface area (TPSA) is 58.6 Å². The van der Waals surface area contributed by atoms with Gasteiger partial charge in [-0.25, -0.2) is 4.79 Å². The van der Waals surface area contributed by atoms with Gasteiger partial charge in [0.15, 0.2) is 0 Å². The molecule has 114 valence electrons. The van der Waals surface area contributed by atoms with Crippen LogP contribution in [0.5, 0.6) is 0 Å². The summed E-state index contributed by atoms with van der Waals surface area (Å²) in [6, 6.07) is 0. The predicted octanol–water partition coefficient (Wildman–Crippen LogP) is 2.30. The van der Waals surface area contributed by atoms with Crippen LogP contribution >= 0.6 is 0 Å². The second-order valence-corrected chi connectivity index (χ2v) is 6.96. The minimum Gasteiger partial charge on any atom is -0.444 e. The SMILES string of the molecule is CC(C)(C)OC(=O)N1CCC2(CCCCNC2=O)CC1. The predicted molar refractivity (Wildman–Crippen MR) is 76.3 cm³/mol. The number of ether oxygens (including phenoxy) is 1. The van der Waals surface area contributed by atoms with Gasteiger partial charge >= 0.3 is 6.09 Å². The van der Waals surface area contributed by atoms with E-state index in [4.69, 9.17) is 4.74 Å². The third-order valence-corrected chi connectivity index (χ3v) is 4.22. The molecule has 0 atom stereocenters. The minimum absolute atomic E-state index is 0.179. The highest BCUT2D eigenvalue weighted by atomic mass is 16.6. The number of carbonyl (C=O) groups is 2. The lowest BCUT2D eigenvalue weighted by Gasteiger charge is -2.40. The Morgan fingerprint density at radius 3 is 2.45 bits per heavy atom. The van der Waals surface area contributed by atoms with E-state index < -0.39 is 5.60 Å². The van der Waals surface area contributed by atoms with Crippen LogP contribution in [0.4, 0.5) is 4.79 Å². The van der Waals surface area contributed by atoms with E-state index in [1.807, 2.05) is 20.8 Å². The maximum absolute atomic E-state index is 12.3. The van der Waals surface area contributed by atoms with Crippen LogP contribution in [-0.2, 0) is 9.53 Å². The van der Waals surface area contributed by atoms with Crippen LogP contribution < -0.4 is 5.32 Å². The summed E-state index contributed by atoms with van der Waals surface area (Å²) < 4.78 is 5.39. The number of nitrogens with zero attached hydrogens (tertiary/aromatic N) is 1. The molecule has 20 heavy (non-hydrogen) atoms. The Labute approximate surface area is 121 Å². The highest BCUT2D eigenvalue weighted by molar-refractivity contribution is 5.83. The average molecular weight is 282 g/mol. The van der Waals surface area contributed by atoms with E-state index in [9.17, 15) is 9.59 Å². The highest BCUT2D eigenvalue weighted by Crippen LogP contribution is 2.38. The Morgan fingerprint density at radius 1 is 1.20 bits per heavy atom. The zero-order valence-corrected chi connectivity index (χ0v) is 12.8.